The van der Waals surface area contributed by atoms with Gasteiger partial charge in [0.2, 0.25) is 10.0 Å². The number of carboxylic acids is 1. The molecule has 0 spiro atoms. The van der Waals surface area contributed by atoms with Crippen LogP contribution in [0.4, 0.5) is 0 Å². The molecule has 0 amide bonds. The van der Waals surface area contributed by atoms with Gasteiger partial charge in [0.15, 0.2) is 0 Å². The molecule has 7 heteroatoms. The molecule has 2 N–H and O–H groups in total. The minimum atomic E-state index is -3.59. The maximum Gasteiger partial charge on any atom is 0.324 e. The van der Waals surface area contributed by atoms with Gasteiger partial charge in [-0.1, -0.05) is 20.8 Å². The number of sulfonamides is 1. The summed E-state index contributed by atoms with van der Waals surface area (Å²) in [5.74, 6) is -1.34. The van der Waals surface area contributed by atoms with Crippen molar-refractivity contribution in [1.82, 2.24) is 4.72 Å². The molecule has 0 heterocycles. The van der Waals surface area contributed by atoms with Crippen molar-refractivity contribution in [2.24, 2.45) is 5.41 Å². The average molecular weight is 267 g/mol. The molecule has 0 aromatic heterocycles. The van der Waals surface area contributed by atoms with Crippen molar-refractivity contribution < 1.29 is 23.1 Å². The number of hydrogen-bond donors (Lipinski definition) is 2. The minimum absolute atomic E-state index is 0.0933. The van der Waals surface area contributed by atoms with Crippen LogP contribution in [0.15, 0.2) is 0 Å². The highest BCUT2D eigenvalue weighted by Crippen LogP contribution is 2.18. The van der Waals surface area contributed by atoms with E-state index < -0.39 is 22.0 Å². The number of aliphatic carboxylic acids is 1. The largest absolute Gasteiger partial charge is 0.480 e. The van der Waals surface area contributed by atoms with Gasteiger partial charge >= 0.3 is 5.97 Å². The maximum absolute atomic E-state index is 11.6. The lowest BCUT2D eigenvalue weighted by atomic mass is 9.94. The quantitative estimate of drug-likeness (QED) is 0.698. The third kappa shape index (κ3) is 8.12. The van der Waals surface area contributed by atoms with Crippen LogP contribution in [0.2, 0.25) is 0 Å². The fraction of sp³-hybridized carbons (Fsp3) is 0.900. The Hall–Kier alpha value is -0.660. The second-order valence-corrected chi connectivity index (χ2v) is 6.97. The van der Waals surface area contributed by atoms with Crippen molar-refractivity contribution in [3.05, 3.63) is 0 Å². The van der Waals surface area contributed by atoms with Gasteiger partial charge in [0.1, 0.15) is 6.04 Å². The van der Waals surface area contributed by atoms with Gasteiger partial charge in [-0.15, -0.1) is 0 Å². The SMILES string of the molecule is COCC(NS(=O)(=O)CCC(C)(C)C)C(=O)O. The first-order valence-electron chi connectivity index (χ1n) is 5.29. The first kappa shape index (κ1) is 16.3. The Kier molecular flexibility index (Phi) is 6.08. The van der Waals surface area contributed by atoms with E-state index in [1.165, 1.54) is 7.11 Å². The highest BCUT2D eigenvalue weighted by Gasteiger charge is 2.25. The van der Waals surface area contributed by atoms with Crippen LogP contribution in [-0.4, -0.2) is 45.0 Å². The highest BCUT2D eigenvalue weighted by atomic mass is 32.2. The molecular formula is C10H21NO5S. The number of carboxylic acid groups (broad SMARTS) is 1. The summed E-state index contributed by atoms with van der Waals surface area (Å²) < 4.78 is 30.0. The molecule has 0 saturated heterocycles. The van der Waals surface area contributed by atoms with E-state index in [1.807, 2.05) is 20.8 Å². The Morgan fingerprint density at radius 2 is 1.94 bits per heavy atom. The lowest BCUT2D eigenvalue weighted by molar-refractivity contribution is -0.140. The third-order valence-corrected chi connectivity index (χ3v) is 3.46. The number of ether oxygens (including phenoxy) is 1. The molecule has 0 aromatic rings. The van der Waals surface area contributed by atoms with Crippen LogP contribution < -0.4 is 4.72 Å². The zero-order valence-corrected chi connectivity index (χ0v) is 11.5. The molecule has 17 heavy (non-hydrogen) atoms. The summed E-state index contributed by atoms with van der Waals surface area (Å²) in [4.78, 5) is 10.8. The van der Waals surface area contributed by atoms with Gasteiger partial charge in [-0.3, -0.25) is 4.79 Å². The van der Waals surface area contributed by atoms with E-state index in [1.54, 1.807) is 0 Å². The van der Waals surface area contributed by atoms with Gasteiger partial charge in [0.05, 0.1) is 12.4 Å². The van der Waals surface area contributed by atoms with Gasteiger partial charge in [-0.25, -0.2) is 8.42 Å². The molecule has 6 nitrogen and oxygen atoms in total. The summed E-state index contributed by atoms with van der Waals surface area (Å²) in [7, 11) is -2.27. The van der Waals surface area contributed by atoms with E-state index in [-0.39, 0.29) is 17.8 Å². The van der Waals surface area contributed by atoms with E-state index in [4.69, 9.17) is 5.11 Å². The van der Waals surface area contributed by atoms with E-state index in [0.717, 1.165) is 0 Å². The van der Waals surface area contributed by atoms with Crippen molar-refractivity contribution >= 4 is 16.0 Å². The van der Waals surface area contributed by atoms with E-state index in [2.05, 4.69) is 9.46 Å². The smallest absolute Gasteiger partial charge is 0.324 e. The first-order chi connectivity index (χ1) is 7.57. The average Bonchev–Trinajstić information content (AvgIpc) is 2.13. The van der Waals surface area contributed by atoms with Gasteiger partial charge in [0, 0.05) is 7.11 Å². The predicted molar refractivity (Wildman–Crippen MR) is 64.3 cm³/mol. The van der Waals surface area contributed by atoms with Crippen molar-refractivity contribution in [3.63, 3.8) is 0 Å². The second-order valence-electron chi connectivity index (χ2n) is 5.09. The molecule has 0 aliphatic carbocycles. The Balaban J connectivity index is 4.46. The van der Waals surface area contributed by atoms with E-state index >= 15 is 0 Å². The minimum Gasteiger partial charge on any atom is -0.480 e. The Labute approximate surface area is 102 Å². The number of nitrogens with one attached hydrogen (secondary N) is 1. The zero-order chi connectivity index (χ0) is 13.7. The molecule has 0 aliphatic rings. The van der Waals surface area contributed by atoms with E-state index in [9.17, 15) is 13.2 Å². The van der Waals surface area contributed by atoms with Crippen molar-refractivity contribution in [1.29, 1.82) is 0 Å². The van der Waals surface area contributed by atoms with Crippen molar-refractivity contribution in [2.45, 2.75) is 33.2 Å². The van der Waals surface area contributed by atoms with Crippen LogP contribution in [-0.2, 0) is 19.6 Å². The summed E-state index contributed by atoms with van der Waals surface area (Å²) in [6.07, 6.45) is 0.460. The molecule has 0 fully saturated rings. The van der Waals surface area contributed by atoms with Crippen LogP contribution in [0.3, 0.4) is 0 Å². The predicted octanol–water partition coefficient (Wildman–Crippen LogP) is 0.442. The summed E-state index contributed by atoms with van der Waals surface area (Å²) in [6.45, 7) is 5.58. The first-order valence-corrected chi connectivity index (χ1v) is 6.94. The molecule has 1 atom stereocenters. The van der Waals surface area contributed by atoms with Crippen LogP contribution in [0.1, 0.15) is 27.2 Å². The molecule has 102 valence electrons. The monoisotopic (exact) mass is 267 g/mol. The fourth-order valence-corrected chi connectivity index (χ4v) is 2.64. The molecule has 0 bridgehead atoms. The van der Waals surface area contributed by atoms with Crippen molar-refractivity contribution in [2.75, 3.05) is 19.5 Å². The molecule has 0 rings (SSSR count). The van der Waals surface area contributed by atoms with Gasteiger partial charge in [-0.2, -0.15) is 4.72 Å². The second kappa shape index (κ2) is 6.32. The van der Waals surface area contributed by atoms with Crippen LogP contribution in [0.5, 0.6) is 0 Å². The molecular weight excluding hydrogens is 246 g/mol. The summed E-state index contributed by atoms with van der Waals surface area (Å²) in [5.41, 5.74) is -0.116. The van der Waals surface area contributed by atoms with Gasteiger partial charge in [0.25, 0.3) is 0 Å². The Morgan fingerprint density at radius 1 is 1.41 bits per heavy atom. The maximum atomic E-state index is 11.6. The van der Waals surface area contributed by atoms with E-state index in [0.29, 0.717) is 6.42 Å². The molecule has 0 aromatic carbocycles. The summed E-state index contributed by atoms with van der Waals surface area (Å²) >= 11 is 0. The highest BCUT2D eigenvalue weighted by molar-refractivity contribution is 7.89. The fourth-order valence-electron chi connectivity index (χ4n) is 1.04. The molecule has 0 saturated carbocycles. The lowest BCUT2D eigenvalue weighted by Crippen LogP contribution is -2.44. The third-order valence-electron chi connectivity index (χ3n) is 2.07. The van der Waals surface area contributed by atoms with Crippen LogP contribution >= 0.6 is 0 Å². The Bertz CT molecular complexity index is 344. The number of methoxy groups -OCH3 is 1. The van der Waals surface area contributed by atoms with Crippen LogP contribution in [0, 0.1) is 5.41 Å². The summed E-state index contributed by atoms with van der Waals surface area (Å²) in [6, 6.07) is -1.23. The standard InChI is InChI=1S/C10H21NO5S/c1-10(2,3)5-6-17(14,15)11-8(7-16-4)9(12)13/h8,11H,5-7H2,1-4H3,(H,12,13). The Morgan fingerprint density at radius 3 is 2.29 bits per heavy atom. The number of rotatable bonds is 7. The topological polar surface area (TPSA) is 92.7 Å². The molecule has 0 aliphatic heterocycles. The number of carbonyl (C=O) groups is 1. The van der Waals surface area contributed by atoms with Gasteiger partial charge in [-0.05, 0) is 11.8 Å². The number of hydrogen-bond acceptors (Lipinski definition) is 4. The summed E-state index contributed by atoms with van der Waals surface area (Å²) in [5, 5.41) is 8.79. The normalized spacial score (nSPS) is 14.6. The van der Waals surface area contributed by atoms with Gasteiger partial charge < -0.3 is 9.84 Å². The molecule has 0 radical (unpaired) electrons. The van der Waals surface area contributed by atoms with Crippen LogP contribution in [0.25, 0.3) is 0 Å². The zero-order valence-electron chi connectivity index (χ0n) is 10.7. The lowest BCUT2D eigenvalue weighted by Gasteiger charge is -2.19. The van der Waals surface area contributed by atoms with Crippen molar-refractivity contribution in [3.8, 4) is 0 Å². The molecule has 1 unspecified atom stereocenters.